The number of rotatable bonds is 5. The highest BCUT2D eigenvalue weighted by Crippen LogP contribution is 2.31. The molecule has 0 unspecified atom stereocenters. The van der Waals surface area contributed by atoms with Crippen molar-refractivity contribution in [2.45, 2.75) is 44.6 Å². The number of likely N-dealkylation sites (N-methyl/N-ethyl adjacent to an activating group) is 1. The Morgan fingerprint density at radius 2 is 2.29 bits per heavy atom. The van der Waals surface area contributed by atoms with E-state index in [-0.39, 0.29) is 24.2 Å². The summed E-state index contributed by atoms with van der Waals surface area (Å²) in [5.74, 6) is 0.153. The molecule has 2 aliphatic rings. The van der Waals surface area contributed by atoms with Crippen LogP contribution < -0.4 is 0 Å². The minimum absolute atomic E-state index is 0.0188. The summed E-state index contributed by atoms with van der Waals surface area (Å²) in [6, 6.07) is 6.07. The van der Waals surface area contributed by atoms with Gasteiger partial charge in [0.15, 0.2) is 0 Å². The minimum Gasteiger partial charge on any atom is -0.373 e. The van der Waals surface area contributed by atoms with Gasteiger partial charge >= 0.3 is 0 Å². The van der Waals surface area contributed by atoms with E-state index in [1.807, 2.05) is 49.0 Å². The van der Waals surface area contributed by atoms with E-state index in [4.69, 9.17) is 9.47 Å². The summed E-state index contributed by atoms with van der Waals surface area (Å²) in [5.41, 5.74) is 1.90. The minimum atomic E-state index is -0.0799. The van der Waals surface area contributed by atoms with Gasteiger partial charge in [-0.2, -0.15) is 0 Å². The molecule has 1 amide bonds. The molecule has 6 nitrogen and oxygen atoms in total. The van der Waals surface area contributed by atoms with Gasteiger partial charge in [-0.3, -0.25) is 9.78 Å². The number of aromatic nitrogens is 1. The number of carbonyl (C=O) groups is 1. The maximum absolute atomic E-state index is 12.5. The van der Waals surface area contributed by atoms with Crippen LogP contribution >= 0.6 is 0 Å². The molecule has 132 valence electrons. The van der Waals surface area contributed by atoms with Crippen LogP contribution in [0.2, 0.25) is 0 Å². The second-order valence-electron chi connectivity index (χ2n) is 6.95. The molecule has 2 saturated heterocycles. The SMILES string of the molecule is Cc1cccc(CO[C@@H]2CN(C(=O)CN(C)C)[C@H]3CCCO[C@@H]23)n1. The van der Waals surface area contributed by atoms with E-state index in [1.165, 1.54) is 0 Å². The van der Waals surface area contributed by atoms with Crippen molar-refractivity contribution in [2.75, 3.05) is 33.8 Å². The van der Waals surface area contributed by atoms with Gasteiger partial charge in [0.25, 0.3) is 0 Å². The van der Waals surface area contributed by atoms with Crippen LogP contribution in [-0.4, -0.2) is 72.7 Å². The van der Waals surface area contributed by atoms with E-state index in [9.17, 15) is 4.79 Å². The lowest BCUT2D eigenvalue weighted by atomic mass is 10.0. The molecule has 1 aromatic rings. The number of ether oxygens (including phenoxy) is 2. The molecule has 3 heterocycles. The Balaban J connectivity index is 1.65. The van der Waals surface area contributed by atoms with Crippen LogP contribution in [0.5, 0.6) is 0 Å². The van der Waals surface area contributed by atoms with Crippen LogP contribution in [0, 0.1) is 6.92 Å². The van der Waals surface area contributed by atoms with Gasteiger partial charge in [0.1, 0.15) is 12.2 Å². The van der Waals surface area contributed by atoms with Crippen molar-refractivity contribution in [1.29, 1.82) is 0 Å². The summed E-state index contributed by atoms with van der Waals surface area (Å²) in [4.78, 5) is 20.9. The molecule has 0 bridgehead atoms. The van der Waals surface area contributed by atoms with Crippen LogP contribution in [0.25, 0.3) is 0 Å². The molecule has 0 N–H and O–H groups in total. The number of pyridine rings is 1. The monoisotopic (exact) mass is 333 g/mol. The fraction of sp³-hybridized carbons (Fsp3) is 0.667. The zero-order valence-electron chi connectivity index (χ0n) is 14.8. The zero-order chi connectivity index (χ0) is 17.1. The van der Waals surface area contributed by atoms with E-state index in [1.54, 1.807) is 0 Å². The first kappa shape index (κ1) is 17.3. The van der Waals surface area contributed by atoms with Gasteiger partial charge in [-0.25, -0.2) is 0 Å². The topological polar surface area (TPSA) is 54.9 Å². The van der Waals surface area contributed by atoms with Crippen molar-refractivity contribution in [3.05, 3.63) is 29.6 Å². The second-order valence-corrected chi connectivity index (χ2v) is 6.95. The van der Waals surface area contributed by atoms with Crippen LogP contribution in [0.15, 0.2) is 18.2 Å². The van der Waals surface area contributed by atoms with E-state index < -0.39 is 0 Å². The molecular formula is C18H27N3O3. The highest BCUT2D eigenvalue weighted by atomic mass is 16.5. The third-order valence-electron chi connectivity index (χ3n) is 4.64. The van der Waals surface area contributed by atoms with Gasteiger partial charge in [0, 0.05) is 18.8 Å². The highest BCUT2D eigenvalue weighted by Gasteiger charge is 2.46. The van der Waals surface area contributed by atoms with Gasteiger partial charge in [0.2, 0.25) is 5.91 Å². The van der Waals surface area contributed by atoms with E-state index in [0.29, 0.717) is 19.7 Å². The molecule has 2 aliphatic heterocycles. The number of fused-ring (bicyclic) bond motifs is 1. The molecule has 24 heavy (non-hydrogen) atoms. The van der Waals surface area contributed by atoms with Crippen LogP contribution in [0.3, 0.4) is 0 Å². The molecule has 3 atom stereocenters. The molecular weight excluding hydrogens is 306 g/mol. The Kier molecular flexibility index (Phi) is 5.48. The number of amides is 1. The lowest BCUT2D eigenvalue weighted by Gasteiger charge is -2.32. The summed E-state index contributed by atoms with van der Waals surface area (Å²) in [6.45, 7) is 4.21. The molecule has 2 fully saturated rings. The molecule has 3 rings (SSSR count). The van der Waals surface area contributed by atoms with Crippen molar-refractivity contribution in [1.82, 2.24) is 14.8 Å². The molecule has 6 heteroatoms. The van der Waals surface area contributed by atoms with Gasteiger partial charge in [-0.05, 0) is 46.0 Å². The predicted molar refractivity (Wildman–Crippen MR) is 90.6 cm³/mol. The smallest absolute Gasteiger partial charge is 0.237 e. The quantitative estimate of drug-likeness (QED) is 0.811. The largest absolute Gasteiger partial charge is 0.373 e. The maximum atomic E-state index is 12.5. The number of likely N-dealkylation sites (tertiary alicyclic amines) is 1. The first-order valence-electron chi connectivity index (χ1n) is 8.64. The van der Waals surface area contributed by atoms with Crippen molar-refractivity contribution in [3.8, 4) is 0 Å². The number of hydrogen-bond donors (Lipinski definition) is 0. The Hall–Kier alpha value is -1.50. The third-order valence-corrected chi connectivity index (χ3v) is 4.64. The van der Waals surface area contributed by atoms with Crippen LogP contribution in [0.1, 0.15) is 24.2 Å². The Labute approximate surface area is 143 Å². The van der Waals surface area contributed by atoms with Crippen molar-refractivity contribution in [3.63, 3.8) is 0 Å². The normalized spacial score (nSPS) is 26.7. The number of hydrogen-bond acceptors (Lipinski definition) is 5. The predicted octanol–water partition coefficient (Wildman–Crippen LogP) is 1.23. The second kappa shape index (κ2) is 7.59. The first-order chi connectivity index (χ1) is 11.5. The van der Waals surface area contributed by atoms with Gasteiger partial charge in [-0.15, -0.1) is 0 Å². The van der Waals surface area contributed by atoms with E-state index >= 15 is 0 Å². The molecule has 0 aliphatic carbocycles. The number of aryl methyl sites for hydroxylation is 1. The lowest BCUT2D eigenvalue weighted by molar-refractivity contribution is -0.135. The third kappa shape index (κ3) is 3.94. The summed E-state index contributed by atoms with van der Waals surface area (Å²) in [6.07, 6.45) is 1.89. The molecule has 0 aromatic carbocycles. The lowest BCUT2D eigenvalue weighted by Crippen LogP contribution is -2.46. The first-order valence-corrected chi connectivity index (χ1v) is 8.64. The Bertz CT molecular complexity index is 578. The molecule has 1 aromatic heterocycles. The maximum Gasteiger partial charge on any atom is 0.237 e. The summed E-state index contributed by atoms with van der Waals surface area (Å²) < 4.78 is 12.1. The van der Waals surface area contributed by atoms with Gasteiger partial charge in [0.05, 0.1) is 24.9 Å². The van der Waals surface area contributed by atoms with Gasteiger partial charge in [-0.1, -0.05) is 6.07 Å². The Morgan fingerprint density at radius 1 is 1.46 bits per heavy atom. The van der Waals surface area contributed by atoms with Crippen molar-refractivity contribution >= 4 is 5.91 Å². The number of carbonyl (C=O) groups excluding carboxylic acids is 1. The van der Waals surface area contributed by atoms with Crippen LogP contribution in [-0.2, 0) is 20.9 Å². The van der Waals surface area contributed by atoms with Crippen molar-refractivity contribution in [2.24, 2.45) is 0 Å². The van der Waals surface area contributed by atoms with Crippen LogP contribution in [0.4, 0.5) is 0 Å². The summed E-state index contributed by atoms with van der Waals surface area (Å²) in [7, 11) is 3.83. The standard InChI is InChI=1S/C18H27N3O3/c1-13-6-4-7-14(19-13)12-24-16-10-21(17(22)11-20(2)3)15-8-5-9-23-18(15)16/h4,6-7,15-16,18H,5,8-12H2,1-3H3/t15-,16+,18+/m0/s1. The van der Waals surface area contributed by atoms with Gasteiger partial charge < -0.3 is 19.3 Å². The van der Waals surface area contributed by atoms with Crippen molar-refractivity contribution < 1.29 is 14.3 Å². The highest BCUT2D eigenvalue weighted by molar-refractivity contribution is 5.79. The summed E-state index contributed by atoms with van der Waals surface area (Å²) in [5, 5.41) is 0. The van der Waals surface area contributed by atoms with E-state index in [0.717, 1.165) is 30.8 Å². The zero-order valence-corrected chi connectivity index (χ0v) is 14.8. The average molecular weight is 333 g/mol. The Morgan fingerprint density at radius 3 is 3.04 bits per heavy atom. The van der Waals surface area contributed by atoms with E-state index in [2.05, 4.69) is 4.98 Å². The molecule has 0 spiro atoms. The fourth-order valence-corrected chi connectivity index (χ4v) is 3.58. The summed E-state index contributed by atoms with van der Waals surface area (Å²) >= 11 is 0. The fourth-order valence-electron chi connectivity index (χ4n) is 3.58. The average Bonchev–Trinajstić information content (AvgIpc) is 2.91. The molecule has 0 radical (unpaired) electrons. The number of nitrogens with zero attached hydrogens (tertiary/aromatic N) is 3. The molecule has 0 saturated carbocycles.